The smallest absolute Gasteiger partial charge is 0.387 e. The van der Waals surface area contributed by atoms with Crippen LogP contribution < -0.4 is 20.5 Å². The summed E-state index contributed by atoms with van der Waals surface area (Å²) in [5.41, 5.74) is 6.26. The van der Waals surface area contributed by atoms with Crippen LogP contribution in [0.1, 0.15) is 25.8 Å². The Kier molecular flexibility index (Phi) is 8.85. The lowest BCUT2D eigenvalue weighted by atomic mass is 10.2. The number of aliphatic imine (C=N–C) groups is 1. The largest absolute Gasteiger partial charge is 0.493 e. The van der Waals surface area contributed by atoms with Crippen molar-refractivity contribution < 1.29 is 23.0 Å². The molecule has 136 valence electrons. The number of alkyl halides is 2. The van der Waals surface area contributed by atoms with Crippen LogP contribution in [0.25, 0.3) is 0 Å². The average molecular weight is 345 g/mol. The van der Waals surface area contributed by atoms with Gasteiger partial charge < -0.3 is 25.3 Å². The first kappa shape index (κ1) is 20.0. The zero-order valence-corrected chi connectivity index (χ0v) is 14.2. The third-order valence-electron chi connectivity index (χ3n) is 2.96. The van der Waals surface area contributed by atoms with Gasteiger partial charge in [0.05, 0.1) is 19.8 Å². The van der Waals surface area contributed by atoms with Crippen LogP contribution in [0.3, 0.4) is 0 Å². The Bertz CT molecular complexity index is 527. The van der Waals surface area contributed by atoms with Crippen molar-refractivity contribution in [3.05, 3.63) is 23.8 Å². The number of nitrogens with two attached hydrogens (primary N) is 1. The van der Waals surface area contributed by atoms with Crippen LogP contribution >= 0.6 is 0 Å². The molecule has 0 heterocycles. The van der Waals surface area contributed by atoms with Gasteiger partial charge in [-0.15, -0.1) is 0 Å². The molecule has 0 aliphatic carbocycles. The predicted octanol–water partition coefficient (Wildman–Crippen LogP) is 2.52. The second-order valence-corrected chi connectivity index (χ2v) is 5.20. The molecule has 1 aromatic rings. The van der Waals surface area contributed by atoms with E-state index in [2.05, 4.69) is 15.0 Å². The Morgan fingerprint density at radius 1 is 1.38 bits per heavy atom. The molecule has 0 saturated heterocycles. The quantitative estimate of drug-likeness (QED) is 0.503. The van der Waals surface area contributed by atoms with E-state index in [1.54, 1.807) is 19.2 Å². The number of nitrogens with one attached hydrogen (secondary N) is 1. The van der Waals surface area contributed by atoms with E-state index < -0.39 is 6.61 Å². The Hall–Kier alpha value is -2.09. The number of nitrogens with zero attached hydrogens (tertiary/aromatic N) is 1. The van der Waals surface area contributed by atoms with E-state index in [0.717, 1.165) is 6.42 Å². The number of rotatable bonds is 10. The first-order chi connectivity index (χ1) is 11.5. The number of guanidine groups is 1. The van der Waals surface area contributed by atoms with E-state index in [1.807, 2.05) is 13.8 Å². The summed E-state index contributed by atoms with van der Waals surface area (Å²) in [6.45, 7) is 2.00. The Balaban J connectivity index is 2.81. The summed E-state index contributed by atoms with van der Waals surface area (Å²) in [5.74, 6) is 0.703. The molecule has 0 fully saturated rings. The SMILES string of the molecule is CCCOc1ccc(CN=C(N)NC(C)COC)c(OC(F)F)c1. The van der Waals surface area contributed by atoms with Gasteiger partial charge in [0, 0.05) is 24.8 Å². The molecule has 0 aromatic heterocycles. The number of halogens is 2. The fourth-order valence-corrected chi connectivity index (χ4v) is 1.94. The molecule has 6 nitrogen and oxygen atoms in total. The summed E-state index contributed by atoms with van der Waals surface area (Å²) in [5, 5.41) is 2.94. The van der Waals surface area contributed by atoms with Crippen LogP contribution in [-0.2, 0) is 11.3 Å². The number of ether oxygens (including phenoxy) is 3. The number of hydrogen-bond acceptors (Lipinski definition) is 4. The van der Waals surface area contributed by atoms with Crippen LogP contribution in [0.5, 0.6) is 11.5 Å². The van der Waals surface area contributed by atoms with E-state index in [9.17, 15) is 8.78 Å². The van der Waals surface area contributed by atoms with Crippen molar-refractivity contribution >= 4 is 5.96 Å². The minimum Gasteiger partial charge on any atom is -0.493 e. The lowest BCUT2D eigenvalue weighted by Gasteiger charge is -2.14. The molecule has 1 atom stereocenters. The molecule has 0 aliphatic heterocycles. The standard InChI is InChI=1S/C16H25F2N3O3/c1-4-7-23-13-6-5-12(14(8-13)24-15(17)18)9-20-16(19)21-11(2)10-22-3/h5-6,8,11,15H,4,7,9-10H2,1-3H3,(H3,19,20,21). The van der Waals surface area contributed by atoms with Gasteiger partial charge in [0.15, 0.2) is 5.96 Å². The Morgan fingerprint density at radius 2 is 2.12 bits per heavy atom. The van der Waals surface area contributed by atoms with Crippen molar-refractivity contribution in [3.8, 4) is 11.5 Å². The molecular formula is C16H25F2N3O3. The molecule has 3 N–H and O–H groups in total. The van der Waals surface area contributed by atoms with Crippen molar-refractivity contribution in [2.45, 2.75) is 39.5 Å². The molecule has 1 aromatic carbocycles. The molecule has 0 radical (unpaired) electrons. The van der Waals surface area contributed by atoms with Crippen LogP contribution in [0.15, 0.2) is 23.2 Å². The van der Waals surface area contributed by atoms with Crippen molar-refractivity contribution in [2.24, 2.45) is 10.7 Å². The molecule has 0 saturated carbocycles. The number of methoxy groups -OCH3 is 1. The van der Waals surface area contributed by atoms with Gasteiger partial charge >= 0.3 is 6.61 Å². The fraction of sp³-hybridized carbons (Fsp3) is 0.562. The zero-order chi connectivity index (χ0) is 17.9. The van der Waals surface area contributed by atoms with E-state index in [4.69, 9.17) is 15.2 Å². The number of benzene rings is 1. The van der Waals surface area contributed by atoms with Crippen molar-refractivity contribution in [1.82, 2.24) is 5.32 Å². The van der Waals surface area contributed by atoms with Gasteiger partial charge in [-0.3, -0.25) is 0 Å². The summed E-state index contributed by atoms with van der Waals surface area (Å²) >= 11 is 0. The van der Waals surface area contributed by atoms with E-state index >= 15 is 0 Å². The summed E-state index contributed by atoms with van der Waals surface area (Å²) in [6.07, 6.45) is 0.818. The second-order valence-electron chi connectivity index (χ2n) is 5.20. The Morgan fingerprint density at radius 3 is 2.75 bits per heavy atom. The van der Waals surface area contributed by atoms with Gasteiger partial charge in [0.25, 0.3) is 0 Å². The molecule has 0 spiro atoms. The van der Waals surface area contributed by atoms with Gasteiger partial charge in [-0.2, -0.15) is 8.78 Å². The lowest BCUT2D eigenvalue weighted by molar-refractivity contribution is -0.0505. The highest BCUT2D eigenvalue weighted by Gasteiger charge is 2.11. The van der Waals surface area contributed by atoms with Gasteiger partial charge in [0.2, 0.25) is 0 Å². The van der Waals surface area contributed by atoms with Crippen molar-refractivity contribution in [2.75, 3.05) is 20.3 Å². The van der Waals surface area contributed by atoms with Crippen LogP contribution in [-0.4, -0.2) is 38.9 Å². The van der Waals surface area contributed by atoms with Crippen LogP contribution in [0.4, 0.5) is 8.78 Å². The summed E-state index contributed by atoms with van der Waals surface area (Å²) in [7, 11) is 1.58. The number of hydrogen-bond donors (Lipinski definition) is 2. The maximum absolute atomic E-state index is 12.6. The molecule has 1 rings (SSSR count). The molecule has 0 bridgehead atoms. The van der Waals surface area contributed by atoms with Crippen molar-refractivity contribution in [3.63, 3.8) is 0 Å². The van der Waals surface area contributed by atoms with Gasteiger partial charge in [-0.1, -0.05) is 6.92 Å². The Labute approximate surface area is 141 Å². The maximum Gasteiger partial charge on any atom is 0.387 e. The van der Waals surface area contributed by atoms with Crippen LogP contribution in [0, 0.1) is 0 Å². The summed E-state index contributed by atoms with van der Waals surface area (Å²) < 4.78 is 40.1. The van der Waals surface area contributed by atoms with Gasteiger partial charge in [-0.05, 0) is 25.5 Å². The average Bonchev–Trinajstić information content (AvgIpc) is 2.51. The minimum absolute atomic E-state index is 0.0136. The second kappa shape index (κ2) is 10.6. The highest BCUT2D eigenvalue weighted by Crippen LogP contribution is 2.27. The summed E-state index contributed by atoms with van der Waals surface area (Å²) in [4.78, 5) is 4.14. The first-order valence-corrected chi connectivity index (χ1v) is 7.72. The topological polar surface area (TPSA) is 78.1 Å². The zero-order valence-electron chi connectivity index (χ0n) is 14.2. The fourth-order valence-electron chi connectivity index (χ4n) is 1.94. The highest BCUT2D eigenvalue weighted by molar-refractivity contribution is 5.78. The van der Waals surface area contributed by atoms with Crippen LogP contribution in [0.2, 0.25) is 0 Å². The monoisotopic (exact) mass is 345 g/mol. The first-order valence-electron chi connectivity index (χ1n) is 7.72. The summed E-state index contributed by atoms with van der Waals surface area (Å²) in [6, 6.07) is 4.75. The normalized spacial score (nSPS) is 13.0. The third kappa shape index (κ3) is 7.45. The minimum atomic E-state index is -2.92. The molecule has 24 heavy (non-hydrogen) atoms. The molecule has 8 heteroatoms. The van der Waals surface area contributed by atoms with E-state index in [0.29, 0.717) is 24.5 Å². The molecular weight excluding hydrogens is 320 g/mol. The maximum atomic E-state index is 12.6. The lowest BCUT2D eigenvalue weighted by Crippen LogP contribution is -2.40. The highest BCUT2D eigenvalue weighted by atomic mass is 19.3. The van der Waals surface area contributed by atoms with E-state index in [-0.39, 0.29) is 24.3 Å². The predicted molar refractivity (Wildman–Crippen MR) is 88.7 cm³/mol. The van der Waals surface area contributed by atoms with Gasteiger partial charge in [-0.25, -0.2) is 4.99 Å². The van der Waals surface area contributed by atoms with E-state index in [1.165, 1.54) is 6.07 Å². The van der Waals surface area contributed by atoms with Crippen molar-refractivity contribution in [1.29, 1.82) is 0 Å². The molecule has 0 aliphatic rings. The van der Waals surface area contributed by atoms with Gasteiger partial charge in [0.1, 0.15) is 11.5 Å². The molecule has 0 amide bonds. The third-order valence-corrected chi connectivity index (χ3v) is 2.96. The molecule has 1 unspecified atom stereocenters.